The van der Waals surface area contributed by atoms with Crippen LogP contribution in [0.15, 0.2) is 6.07 Å². The number of nitrogens with two attached hydrogens (primary N) is 1. The van der Waals surface area contributed by atoms with E-state index < -0.39 is 6.10 Å². The van der Waals surface area contributed by atoms with Crippen LogP contribution in [0.1, 0.15) is 5.82 Å². The van der Waals surface area contributed by atoms with Crippen LogP contribution in [-0.2, 0) is 11.3 Å². The molecule has 0 aromatic carbocycles. The molecule has 0 saturated heterocycles. The second kappa shape index (κ2) is 6.97. The van der Waals surface area contributed by atoms with Gasteiger partial charge in [0.2, 0.25) is 0 Å². The maximum atomic E-state index is 9.20. The lowest BCUT2D eigenvalue weighted by Gasteiger charge is -2.11. The topological polar surface area (TPSA) is 126 Å². The van der Waals surface area contributed by atoms with Crippen LogP contribution in [-0.4, -0.2) is 46.5 Å². The van der Waals surface area contributed by atoms with Crippen LogP contribution in [0.5, 0.6) is 0 Å². The summed E-state index contributed by atoms with van der Waals surface area (Å²) in [6.07, 6.45) is -0.842. The number of anilines is 2. The summed E-state index contributed by atoms with van der Waals surface area (Å²) in [4.78, 5) is 8.21. The van der Waals surface area contributed by atoms with Crippen LogP contribution < -0.4 is 16.6 Å². The highest BCUT2D eigenvalue weighted by Crippen LogP contribution is 2.10. The minimum atomic E-state index is -0.842. The molecule has 17 heavy (non-hydrogen) atoms. The predicted octanol–water partition coefficient (Wildman–Crippen LogP) is -1.33. The summed E-state index contributed by atoms with van der Waals surface area (Å²) in [5.74, 6) is 6.66. The van der Waals surface area contributed by atoms with E-state index in [1.165, 1.54) is 7.11 Å². The first-order chi connectivity index (χ1) is 8.19. The third-order valence-corrected chi connectivity index (χ3v) is 1.92. The fourth-order valence-electron chi connectivity index (χ4n) is 1.14. The van der Waals surface area contributed by atoms with Crippen molar-refractivity contribution in [3.8, 4) is 0 Å². The third-order valence-electron chi connectivity index (χ3n) is 1.92. The molecule has 8 nitrogen and oxygen atoms in total. The van der Waals surface area contributed by atoms with Crippen molar-refractivity contribution < 1.29 is 14.9 Å². The first-order valence-corrected chi connectivity index (χ1v) is 5.06. The monoisotopic (exact) mass is 243 g/mol. The number of aliphatic hydroxyl groups excluding tert-OH is 2. The highest BCUT2D eigenvalue weighted by molar-refractivity contribution is 5.46. The van der Waals surface area contributed by atoms with E-state index in [1.54, 1.807) is 6.07 Å². The van der Waals surface area contributed by atoms with Gasteiger partial charge in [0.15, 0.2) is 5.82 Å². The van der Waals surface area contributed by atoms with Gasteiger partial charge in [0.25, 0.3) is 0 Å². The second-order valence-corrected chi connectivity index (χ2v) is 3.35. The molecule has 96 valence electrons. The molecule has 1 heterocycles. The van der Waals surface area contributed by atoms with E-state index in [2.05, 4.69) is 20.7 Å². The number of hydrogen-bond acceptors (Lipinski definition) is 8. The largest absolute Gasteiger partial charge is 0.394 e. The van der Waals surface area contributed by atoms with Gasteiger partial charge in [-0.3, -0.25) is 0 Å². The van der Waals surface area contributed by atoms with Gasteiger partial charge in [-0.05, 0) is 0 Å². The molecule has 1 rings (SSSR count). The number of nitrogen functional groups attached to an aromatic ring is 1. The van der Waals surface area contributed by atoms with Crippen molar-refractivity contribution in [3.05, 3.63) is 11.9 Å². The quantitative estimate of drug-likeness (QED) is 0.295. The van der Waals surface area contributed by atoms with Crippen molar-refractivity contribution in [3.63, 3.8) is 0 Å². The first-order valence-electron chi connectivity index (χ1n) is 5.06. The summed E-state index contributed by atoms with van der Waals surface area (Å²) in [6.45, 7) is 0.127. The zero-order valence-corrected chi connectivity index (χ0v) is 9.55. The number of rotatable bonds is 7. The predicted molar refractivity (Wildman–Crippen MR) is 62.1 cm³/mol. The van der Waals surface area contributed by atoms with Crippen LogP contribution in [0, 0.1) is 0 Å². The summed E-state index contributed by atoms with van der Waals surface area (Å²) in [7, 11) is 1.54. The molecule has 1 aromatic heterocycles. The normalized spacial score (nSPS) is 12.2. The minimum Gasteiger partial charge on any atom is -0.394 e. The Balaban J connectivity index is 2.72. The van der Waals surface area contributed by atoms with E-state index in [-0.39, 0.29) is 19.8 Å². The Hall–Kier alpha value is -1.48. The average Bonchev–Trinajstić information content (AvgIpc) is 2.36. The first kappa shape index (κ1) is 13.6. The molecular weight excluding hydrogens is 226 g/mol. The molecule has 0 amide bonds. The highest BCUT2D eigenvalue weighted by Gasteiger charge is 2.06. The van der Waals surface area contributed by atoms with Crippen LogP contribution in [0.2, 0.25) is 0 Å². The lowest BCUT2D eigenvalue weighted by Crippen LogP contribution is -2.23. The molecule has 1 atom stereocenters. The molecule has 0 aliphatic carbocycles. The van der Waals surface area contributed by atoms with Crippen LogP contribution in [0.4, 0.5) is 11.6 Å². The van der Waals surface area contributed by atoms with Gasteiger partial charge >= 0.3 is 0 Å². The lowest BCUT2D eigenvalue weighted by atomic mass is 10.3. The number of methoxy groups -OCH3 is 1. The van der Waals surface area contributed by atoms with Gasteiger partial charge in [-0.25, -0.2) is 15.8 Å². The smallest absolute Gasteiger partial charge is 0.158 e. The molecule has 1 unspecified atom stereocenters. The van der Waals surface area contributed by atoms with Crippen LogP contribution in [0.3, 0.4) is 0 Å². The van der Waals surface area contributed by atoms with E-state index in [0.717, 1.165) is 0 Å². The number of nitrogens with zero attached hydrogens (tertiary/aromatic N) is 2. The highest BCUT2D eigenvalue weighted by atomic mass is 16.5. The van der Waals surface area contributed by atoms with Crippen molar-refractivity contribution in [1.82, 2.24) is 9.97 Å². The van der Waals surface area contributed by atoms with E-state index in [1.807, 2.05) is 0 Å². The maximum absolute atomic E-state index is 9.20. The van der Waals surface area contributed by atoms with Crippen molar-refractivity contribution in [1.29, 1.82) is 0 Å². The number of hydrazine groups is 1. The molecule has 0 spiro atoms. The number of hydrogen-bond donors (Lipinski definition) is 5. The summed E-state index contributed by atoms with van der Waals surface area (Å²) in [5, 5.41) is 20.7. The minimum absolute atomic E-state index is 0.184. The Labute approximate surface area is 98.8 Å². The van der Waals surface area contributed by atoms with Gasteiger partial charge in [0.05, 0.1) is 12.7 Å². The summed E-state index contributed by atoms with van der Waals surface area (Å²) in [5.41, 5.74) is 2.41. The Morgan fingerprint density at radius 2 is 2.18 bits per heavy atom. The van der Waals surface area contributed by atoms with Crippen molar-refractivity contribution in [2.24, 2.45) is 5.84 Å². The molecule has 8 heteroatoms. The van der Waals surface area contributed by atoms with Gasteiger partial charge < -0.3 is 25.7 Å². The Bertz CT molecular complexity index is 349. The van der Waals surface area contributed by atoms with E-state index in [9.17, 15) is 5.11 Å². The number of nitrogens with one attached hydrogen (secondary N) is 2. The standard InChI is InChI=1S/C9H17N5O3/c1-17-5-9-12-7(2-8(13-9)14-10)11-3-6(16)4-15/h2,6,15-16H,3-5,10H2,1H3,(H2,11,12,13,14). The van der Waals surface area contributed by atoms with Gasteiger partial charge in [-0.2, -0.15) is 0 Å². The molecule has 0 radical (unpaired) electrons. The molecular formula is C9H17N5O3. The zero-order valence-electron chi connectivity index (χ0n) is 9.55. The number of aliphatic hydroxyl groups is 2. The Morgan fingerprint density at radius 1 is 1.47 bits per heavy atom. The van der Waals surface area contributed by atoms with Crippen molar-refractivity contribution >= 4 is 11.6 Å². The second-order valence-electron chi connectivity index (χ2n) is 3.35. The van der Waals surface area contributed by atoms with E-state index >= 15 is 0 Å². The molecule has 0 bridgehead atoms. The SMILES string of the molecule is COCc1nc(NN)cc(NCC(O)CO)n1. The van der Waals surface area contributed by atoms with Gasteiger partial charge in [0.1, 0.15) is 18.2 Å². The fourth-order valence-corrected chi connectivity index (χ4v) is 1.14. The number of ether oxygens (including phenoxy) is 1. The fraction of sp³-hybridized carbons (Fsp3) is 0.556. The number of aromatic nitrogens is 2. The maximum Gasteiger partial charge on any atom is 0.158 e. The molecule has 0 saturated carbocycles. The van der Waals surface area contributed by atoms with Gasteiger partial charge in [0, 0.05) is 19.7 Å². The van der Waals surface area contributed by atoms with Crippen molar-refractivity contribution in [2.75, 3.05) is 31.0 Å². The summed E-state index contributed by atoms with van der Waals surface area (Å²) >= 11 is 0. The van der Waals surface area contributed by atoms with E-state index in [4.69, 9.17) is 15.7 Å². The lowest BCUT2D eigenvalue weighted by molar-refractivity contribution is 0.105. The van der Waals surface area contributed by atoms with Gasteiger partial charge in [-0.1, -0.05) is 0 Å². The van der Waals surface area contributed by atoms with Crippen LogP contribution in [0.25, 0.3) is 0 Å². The summed E-state index contributed by atoms with van der Waals surface area (Å²) in [6, 6.07) is 1.59. The Morgan fingerprint density at radius 3 is 2.76 bits per heavy atom. The molecule has 6 N–H and O–H groups in total. The average molecular weight is 243 g/mol. The molecule has 0 aliphatic heterocycles. The third kappa shape index (κ3) is 4.49. The zero-order chi connectivity index (χ0) is 12.7. The van der Waals surface area contributed by atoms with Crippen molar-refractivity contribution in [2.45, 2.75) is 12.7 Å². The Kier molecular flexibility index (Phi) is 5.57. The van der Waals surface area contributed by atoms with Crippen LogP contribution >= 0.6 is 0 Å². The molecule has 0 aliphatic rings. The molecule has 1 aromatic rings. The molecule has 0 fully saturated rings. The van der Waals surface area contributed by atoms with E-state index in [0.29, 0.717) is 17.5 Å². The summed E-state index contributed by atoms with van der Waals surface area (Å²) < 4.78 is 4.92. The van der Waals surface area contributed by atoms with Gasteiger partial charge in [-0.15, -0.1) is 0 Å².